The van der Waals surface area contributed by atoms with E-state index in [1.54, 1.807) is 0 Å². The van der Waals surface area contributed by atoms with E-state index in [1.807, 2.05) is 24.3 Å². The maximum Gasteiger partial charge on any atom is 0.120 e. The van der Waals surface area contributed by atoms with Crippen LogP contribution in [0.4, 0.5) is 0 Å². The van der Waals surface area contributed by atoms with E-state index in [2.05, 4.69) is 66.7 Å². The van der Waals surface area contributed by atoms with E-state index in [9.17, 15) is 5.11 Å². The number of hydrogen-bond acceptors (Lipinski definition) is 1. The largest absolute Gasteiger partial charge is 0.380 e. The van der Waals surface area contributed by atoms with Crippen LogP contribution in [-0.4, -0.2) is 5.11 Å². The van der Waals surface area contributed by atoms with Crippen LogP contribution < -0.4 is 0 Å². The van der Waals surface area contributed by atoms with Crippen molar-refractivity contribution in [2.45, 2.75) is 12.0 Å². The van der Waals surface area contributed by atoms with Crippen molar-refractivity contribution in [3.05, 3.63) is 108 Å². The van der Waals surface area contributed by atoms with Gasteiger partial charge in [0.05, 0.1) is 0 Å². The highest BCUT2D eigenvalue weighted by Gasteiger charge is 2.41. The number of hydrogen-bond donors (Lipinski definition) is 1. The van der Waals surface area contributed by atoms with Gasteiger partial charge in [0.15, 0.2) is 0 Å². The second kappa shape index (κ2) is 5.30. The molecule has 0 atom stereocenters. The minimum Gasteiger partial charge on any atom is -0.380 e. The molecule has 5 rings (SSSR count). The summed E-state index contributed by atoms with van der Waals surface area (Å²) in [5.41, 5.74) is 4.46. The van der Waals surface area contributed by atoms with Crippen molar-refractivity contribution >= 4 is 10.8 Å². The van der Waals surface area contributed by atoms with Crippen LogP contribution in [0.3, 0.4) is 0 Å². The van der Waals surface area contributed by atoms with Crippen molar-refractivity contribution in [1.82, 2.24) is 0 Å². The molecule has 0 unspecified atom stereocenters. The highest BCUT2D eigenvalue weighted by atomic mass is 16.3. The van der Waals surface area contributed by atoms with Crippen LogP contribution in [0.25, 0.3) is 21.9 Å². The van der Waals surface area contributed by atoms with Gasteiger partial charge in [-0.3, -0.25) is 0 Å². The average molecular weight is 322 g/mol. The molecule has 0 heterocycles. The number of aliphatic hydroxyl groups is 1. The highest BCUT2D eigenvalue weighted by molar-refractivity contribution is 5.84. The molecule has 4 aromatic rings. The van der Waals surface area contributed by atoms with E-state index in [4.69, 9.17) is 0 Å². The second-order valence-corrected chi connectivity index (χ2v) is 6.81. The molecule has 0 aliphatic heterocycles. The van der Waals surface area contributed by atoms with Gasteiger partial charge in [-0.25, -0.2) is 0 Å². The third-order valence-electron chi connectivity index (χ3n) is 5.31. The van der Waals surface area contributed by atoms with Gasteiger partial charge in [0.2, 0.25) is 0 Å². The molecule has 0 bridgehead atoms. The summed E-state index contributed by atoms with van der Waals surface area (Å²) in [5, 5.41) is 14.2. The van der Waals surface area contributed by atoms with Gasteiger partial charge in [0, 0.05) is 6.42 Å². The lowest BCUT2D eigenvalue weighted by Crippen LogP contribution is -2.27. The first-order valence-electron chi connectivity index (χ1n) is 8.65. The van der Waals surface area contributed by atoms with Crippen molar-refractivity contribution in [2.24, 2.45) is 0 Å². The van der Waals surface area contributed by atoms with Gasteiger partial charge in [-0.05, 0) is 38.6 Å². The van der Waals surface area contributed by atoms with E-state index >= 15 is 0 Å². The SMILES string of the molecule is OC1(Cc2ccc3ccccc3c2)c2ccccc2-c2ccccc21. The molecule has 0 aromatic heterocycles. The van der Waals surface area contributed by atoms with Gasteiger partial charge in [0.25, 0.3) is 0 Å². The summed E-state index contributed by atoms with van der Waals surface area (Å²) in [7, 11) is 0. The maximum atomic E-state index is 11.7. The number of fused-ring (bicyclic) bond motifs is 4. The van der Waals surface area contributed by atoms with Crippen LogP contribution >= 0.6 is 0 Å². The van der Waals surface area contributed by atoms with Gasteiger partial charge in [-0.15, -0.1) is 0 Å². The van der Waals surface area contributed by atoms with Crippen molar-refractivity contribution in [1.29, 1.82) is 0 Å². The highest BCUT2D eigenvalue weighted by Crippen LogP contribution is 2.48. The van der Waals surface area contributed by atoms with E-state index in [1.165, 1.54) is 10.8 Å². The van der Waals surface area contributed by atoms with Crippen molar-refractivity contribution in [3.8, 4) is 11.1 Å². The normalized spacial score (nSPS) is 14.3. The first-order valence-corrected chi connectivity index (χ1v) is 8.65. The van der Waals surface area contributed by atoms with Gasteiger partial charge in [-0.2, -0.15) is 0 Å². The first-order chi connectivity index (χ1) is 12.3. The summed E-state index contributed by atoms with van der Waals surface area (Å²) < 4.78 is 0. The Morgan fingerprint density at radius 2 is 1.16 bits per heavy atom. The summed E-state index contributed by atoms with van der Waals surface area (Å²) in [6, 6.07) is 31.2. The number of benzene rings is 4. The zero-order valence-electron chi connectivity index (χ0n) is 13.8. The summed E-state index contributed by atoms with van der Waals surface area (Å²) in [6.07, 6.45) is 0.575. The molecule has 25 heavy (non-hydrogen) atoms. The van der Waals surface area contributed by atoms with Crippen LogP contribution in [0.2, 0.25) is 0 Å². The first kappa shape index (κ1) is 14.4. The summed E-state index contributed by atoms with van der Waals surface area (Å²) >= 11 is 0. The summed E-state index contributed by atoms with van der Waals surface area (Å²) in [5.74, 6) is 0. The van der Waals surface area contributed by atoms with E-state index < -0.39 is 5.60 Å². The van der Waals surface area contributed by atoms with Crippen LogP contribution in [-0.2, 0) is 12.0 Å². The molecule has 0 saturated carbocycles. The second-order valence-electron chi connectivity index (χ2n) is 6.81. The maximum absolute atomic E-state index is 11.7. The predicted molar refractivity (Wildman–Crippen MR) is 103 cm³/mol. The Bertz CT molecular complexity index is 1050. The van der Waals surface area contributed by atoms with Crippen molar-refractivity contribution in [2.75, 3.05) is 0 Å². The molecule has 1 nitrogen and oxygen atoms in total. The molecule has 0 fully saturated rings. The molecule has 1 aliphatic rings. The third-order valence-corrected chi connectivity index (χ3v) is 5.31. The molecule has 1 aliphatic carbocycles. The quantitative estimate of drug-likeness (QED) is 0.531. The zero-order valence-corrected chi connectivity index (χ0v) is 13.8. The fraction of sp³-hybridized carbons (Fsp3) is 0.0833. The standard InChI is InChI=1S/C24H18O/c25-24(16-17-13-14-18-7-1-2-8-19(18)15-17)22-11-5-3-9-20(22)21-10-4-6-12-23(21)24/h1-15,25H,16H2. The Morgan fingerprint density at radius 3 is 1.84 bits per heavy atom. The molecular formula is C24H18O. The van der Waals surface area contributed by atoms with Crippen molar-refractivity contribution in [3.63, 3.8) is 0 Å². The zero-order chi connectivity index (χ0) is 16.9. The van der Waals surface area contributed by atoms with Gasteiger partial charge < -0.3 is 5.11 Å². The Hall–Kier alpha value is -2.90. The Morgan fingerprint density at radius 1 is 0.600 bits per heavy atom. The van der Waals surface area contributed by atoms with Crippen LogP contribution in [0.15, 0.2) is 91.0 Å². The minimum atomic E-state index is -0.977. The molecule has 4 aromatic carbocycles. The molecule has 1 N–H and O–H groups in total. The van der Waals surface area contributed by atoms with E-state index in [0.717, 1.165) is 27.8 Å². The molecule has 120 valence electrons. The Kier molecular flexibility index (Phi) is 3.06. The lowest BCUT2D eigenvalue weighted by Gasteiger charge is -2.26. The van der Waals surface area contributed by atoms with E-state index in [-0.39, 0.29) is 0 Å². The van der Waals surface area contributed by atoms with Gasteiger partial charge in [-0.1, -0.05) is 91.0 Å². The smallest absolute Gasteiger partial charge is 0.120 e. The topological polar surface area (TPSA) is 20.2 Å². The lowest BCUT2D eigenvalue weighted by atomic mass is 9.85. The molecular weight excluding hydrogens is 304 g/mol. The molecule has 0 radical (unpaired) electrons. The fourth-order valence-electron chi connectivity index (χ4n) is 4.14. The lowest BCUT2D eigenvalue weighted by molar-refractivity contribution is 0.0861. The Labute approximate surface area is 147 Å². The fourth-order valence-corrected chi connectivity index (χ4v) is 4.14. The summed E-state index contributed by atoms with van der Waals surface area (Å²) in [4.78, 5) is 0. The molecule has 0 amide bonds. The van der Waals surface area contributed by atoms with Gasteiger partial charge >= 0.3 is 0 Å². The van der Waals surface area contributed by atoms with E-state index in [0.29, 0.717) is 6.42 Å². The van der Waals surface area contributed by atoms with Crippen LogP contribution in [0.1, 0.15) is 16.7 Å². The van der Waals surface area contributed by atoms with Crippen molar-refractivity contribution < 1.29 is 5.11 Å². The molecule has 1 heteroatoms. The van der Waals surface area contributed by atoms with Crippen LogP contribution in [0.5, 0.6) is 0 Å². The average Bonchev–Trinajstić information content (AvgIpc) is 2.91. The van der Waals surface area contributed by atoms with Crippen LogP contribution in [0, 0.1) is 0 Å². The monoisotopic (exact) mass is 322 g/mol. The molecule has 0 spiro atoms. The minimum absolute atomic E-state index is 0.575. The third kappa shape index (κ3) is 2.13. The predicted octanol–water partition coefficient (Wildman–Crippen LogP) is 5.30. The number of rotatable bonds is 2. The van der Waals surface area contributed by atoms with Gasteiger partial charge in [0.1, 0.15) is 5.60 Å². The Balaban J connectivity index is 1.67. The summed E-state index contributed by atoms with van der Waals surface area (Å²) in [6.45, 7) is 0. The molecule has 0 saturated heterocycles.